The first-order chi connectivity index (χ1) is 18.3. The molecule has 0 aliphatic carbocycles. The number of aromatic nitrogens is 6. The third-order valence-corrected chi connectivity index (χ3v) is 6.10. The van der Waals surface area contributed by atoms with Crippen LogP contribution >= 0.6 is 0 Å². The lowest BCUT2D eigenvalue weighted by atomic mass is 10.1. The molecule has 0 spiro atoms. The van der Waals surface area contributed by atoms with Crippen LogP contribution in [0, 0.1) is 13.8 Å². The average Bonchev–Trinajstić information content (AvgIpc) is 3.57. The Morgan fingerprint density at radius 1 is 1.05 bits per heavy atom. The van der Waals surface area contributed by atoms with Gasteiger partial charge in [-0.15, -0.1) is 5.10 Å². The van der Waals surface area contributed by atoms with Gasteiger partial charge in [0.15, 0.2) is 5.65 Å². The van der Waals surface area contributed by atoms with E-state index in [9.17, 15) is 14.0 Å². The van der Waals surface area contributed by atoms with E-state index in [1.54, 1.807) is 58.8 Å². The number of benzene rings is 2. The van der Waals surface area contributed by atoms with Gasteiger partial charge in [-0.3, -0.25) is 9.59 Å². The molecule has 0 saturated heterocycles. The van der Waals surface area contributed by atoms with E-state index < -0.39 is 6.67 Å². The lowest BCUT2D eigenvalue weighted by Gasteiger charge is -2.15. The number of nitrogens with zero attached hydrogens (tertiary/aromatic N) is 7. The van der Waals surface area contributed by atoms with Gasteiger partial charge in [0.25, 0.3) is 11.8 Å². The average molecular weight is 513 g/mol. The molecule has 2 aromatic carbocycles. The Kier molecular flexibility index (Phi) is 6.65. The van der Waals surface area contributed by atoms with Crippen molar-refractivity contribution >= 4 is 23.1 Å². The van der Waals surface area contributed by atoms with Gasteiger partial charge >= 0.3 is 0 Å². The predicted molar refractivity (Wildman–Crippen MR) is 140 cm³/mol. The van der Waals surface area contributed by atoms with E-state index in [2.05, 4.69) is 25.7 Å². The van der Waals surface area contributed by atoms with E-state index >= 15 is 0 Å². The number of hydrogen-bond donors (Lipinski definition) is 1. The summed E-state index contributed by atoms with van der Waals surface area (Å²) in [5, 5.41) is 15.6. The predicted octanol–water partition coefficient (Wildman–Crippen LogP) is 3.89. The van der Waals surface area contributed by atoms with E-state index in [1.165, 1.54) is 11.1 Å². The smallest absolute Gasteiger partial charge is 0.261 e. The van der Waals surface area contributed by atoms with Gasteiger partial charge in [0.2, 0.25) is 0 Å². The molecule has 0 radical (unpaired) electrons. The quantitative estimate of drug-likeness (QED) is 0.354. The number of nitrogens with one attached hydrogen (secondary N) is 1. The Morgan fingerprint density at radius 2 is 1.79 bits per heavy atom. The van der Waals surface area contributed by atoms with Crippen LogP contribution in [0.25, 0.3) is 22.6 Å². The minimum absolute atomic E-state index is 0.0484. The first-order valence-corrected chi connectivity index (χ1v) is 11.9. The van der Waals surface area contributed by atoms with Crippen LogP contribution in [-0.4, -0.2) is 66.6 Å². The number of anilines is 1. The highest BCUT2D eigenvalue weighted by molar-refractivity contribution is 6.08. The lowest BCUT2D eigenvalue weighted by molar-refractivity contribution is 0.0786. The molecule has 0 unspecified atom stereocenters. The van der Waals surface area contributed by atoms with Gasteiger partial charge in [0, 0.05) is 41.8 Å². The number of rotatable bonds is 7. The Hall–Kier alpha value is -4.93. The van der Waals surface area contributed by atoms with Crippen LogP contribution in [-0.2, 0) is 0 Å². The Labute approximate surface area is 217 Å². The largest absolute Gasteiger partial charge is 0.339 e. The summed E-state index contributed by atoms with van der Waals surface area (Å²) in [6.07, 6.45) is 3.29. The van der Waals surface area contributed by atoms with Gasteiger partial charge in [-0.1, -0.05) is 17.3 Å². The molecule has 38 heavy (non-hydrogen) atoms. The Balaban J connectivity index is 1.28. The van der Waals surface area contributed by atoms with Crippen LogP contribution < -0.4 is 5.32 Å². The SMILES string of the molecule is Cc1cc(C)n2ncc(C(=O)Nc3ccc(-c4cn(-c5ccc(C(=O)N(C)CCF)cc5)nn4)cc3)c2n1. The van der Waals surface area contributed by atoms with E-state index in [-0.39, 0.29) is 18.4 Å². The van der Waals surface area contributed by atoms with Crippen molar-refractivity contribution in [2.24, 2.45) is 0 Å². The highest BCUT2D eigenvalue weighted by Gasteiger charge is 2.16. The van der Waals surface area contributed by atoms with Crippen LogP contribution in [0.2, 0.25) is 0 Å². The molecule has 0 saturated carbocycles. The molecule has 5 rings (SSSR count). The van der Waals surface area contributed by atoms with E-state index in [0.717, 1.165) is 22.6 Å². The summed E-state index contributed by atoms with van der Waals surface area (Å²) in [7, 11) is 1.56. The van der Waals surface area contributed by atoms with Crippen LogP contribution in [0.15, 0.2) is 67.0 Å². The maximum atomic E-state index is 12.9. The minimum Gasteiger partial charge on any atom is -0.339 e. The molecular formula is C27H25FN8O2. The highest BCUT2D eigenvalue weighted by atomic mass is 19.1. The molecule has 0 aliphatic rings. The second kappa shape index (κ2) is 10.2. The van der Waals surface area contributed by atoms with Gasteiger partial charge < -0.3 is 10.2 Å². The van der Waals surface area contributed by atoms with E-state index in [4.69, 9.17) is 0 Å². The van der Waals surface area contributed by atoms with Crippen molar-refractivity contribution in [3.63, 3.8) is 0 Å². The second-order valence-electron chi connectivity index (χ2n) is 8.87. The zero-order chi connectivity index (χ0) is 26.8. The molecule has 0 aliphatic heterocycles. The first kappa shape index (κ1) is 24.8. The molecule has 10 nitrogen and oxygen atoms in total. The topological polar surface area (TPSA) is 110 Å². The zero-order valence-electron chi connectivity index (χ0n) is 21.1. The monoisotopic (exact) mass is 512 g/mol. The fraction of sp³-hybridized carbons (Fsp3) is 0.185. The fourth-order valence-corrected chi connectivity index (χ4v) is 4.08. The minimum atomic E-state index is -0.589. The van der Waals surface area contributed by atoms with Gasteiger partial charge in [-0.05, 0) is 56.3 Å². The number of amides is 2. The number of carbonyl (C=O) groups excluding carboxylic acids is 2. The zero-order valence-corrected chi connectivity index (χ0v) is 21.1. The highest BCUT2D eigenvalue weighted by Crippen LogP contribution is 2.22. The van der Waals surface area contributed by atoms with Crippen molar-refractivity contribution in [3.8, 4) is 16.9 Å². The number of aryl methyl sites for hydroxylation is 2. The Bertz CT molecular complexity index is 1620. The number of alkyl halides is 1. The van der Waals surface area contributed by atoms with Crippen LogP contribution in [0.5, 0.6) is 0 Å². The van der Waals surface area contributed by atoms with Gasteiger partial charge in [0.05, 0.1) is 18.1 Å². The second-order valence-corrected chi connectivity index (χ2v) is 8.87. The molecule has 0 atom stereocenters. The fourth-order valence-electron chi connectivity index (χ4n) is 4.08. The number of fused-ring (bicyclic) bond motifs is 1. The molecule has 5 aromatic rings. The van der Waals surface area contributed by atoms with E-state index in [1.807, 2.05) is 32.0 Å². The van der Waals surface area contributed by atoms with Crippen LogP contribution in [0.3, 0.4) is 0 Å². The van der Waals surface area contributed by atoms with Crippen molar-refractivity contribution in [2.45, 2.75) is 13.8 Å². The molecule has 3 heterocycles. The maximum absolute atomic E-state index is 12.9. The van der Waals surface area contributed by atoms with Crippen molar-refractivity contribution in [3.05, 3.63) is 89.5 Å². The molecule has 11 heteroatoms. The van der Waals surface area contributed by atoms with Crippen molar-refractivity contribution in [2.75, 3.05) is 25.6 Å². The third kappa shape index (κ3) is 4.85. The standard InChI is InChI=1S/C27H25FN8O2/c1-17-14-18(2)36-25(30-17)23(15-29-36)26(37)31-21-8-4-19(5-9-21)24-16-35(33-32-24)22-10-6-20(7-11-22)27(38)34(3)13-12-28/h4-11,14-16H,12-13H2,1-3H3,(H,31,37). The van der Waals surface area contributed by atoms with E-state index in [0.29, 0.717) is 28.2 Å². The summed E-state index contributed by atoms with van der Waals surface area (Å²) in [5.41, 5.74) is 5.89. The summed E-state index contributed by atoms with van der Waals surface area (Å²) < 4.78 is 15.8. The molecule has 0 bridgehead atoms. The molecule has 3 aromatic heterocycles. The van der Waals surface area contributed by atoms with Gasteiger partial charge in [0.1, 0.15) is 17.9 Å². The third-order valence-electron chi connectivity index (χ3n) is 6.10. The summed E-state index contributed by atoms with van der Waals surface area (Å²) in [6, 6.07) is 16.0. The number of hydrogen-bond acceptors (Lipinski definition) is 6. The summed E-state index contributed by atoms with van der Waals surface area (Å²) in [4.78, 5) is 31.0. The lowest BCUT2D eigenvalue weighted by Crippen LogP contribution is -2.28. The van der Waals surface area contributed by atoms with Crippen molar-refractivity contribution in [1.82, 2.24) is 34.5 Å². The van der Waals surface area contributed by atoms with Gasteiger partial charge in [-0.2, -0.15) is 5.10 Å². The maximum Gasteiger partial charge on any atom is 0.261 e. The summed E-state index contributed by atoms with van der Waals surface area (Å²) in [5.74, 6) is -0.544. The molecule has 1 N–H and O–H groups in total. The summed E-state index contributed by atoms with van der Waals surface area (Å²) in [6.45, 7) is 3.25. The number of halogens is 1. The van der Waals surface area contributed by atoms with Crippen LogP contribution in [0.4, 0.5) is 10.1 Å². The van der Waals surface area contributed by atoms with Crippen molar-refractivity contribution < 1.29 is 14.0 Å². The van der Waals surface area contributed by atoms with Gasteiger partial charge in [-0.25, -0.2) is 18.6 Å². The Morgan fingerprint density at radius 3 is 2.50 bits per heavy atom. The van der Waals surface area contributed by atoms with Crippen molar-refractivity contribution in [1.29, 1.82) is 0 Å². The molecule has 0 fully saturated rings. The molecule has 192 valence electrons. The van der Waals surface area contributed by atoms with Crippen LogP contribution in [0.1, 0.15) is 32.1 Å². The number of carbonyl (C=O) groups is 2. The first-order valence-electron chi connectivity index (χ1n) is 11.9. The normalized spacial score (nSPS) is 11.1. The molecule has 2 amide bonds. The summed E-state index contributed by atoms with van der Waals surface area (Å²) >= 11 is 0. The molecular weight excluding hydrogens is 487 g/mol.